The molecule has 0 spiro atoms. The highest BCUT2D eigenvalue weighted by molar-refractivity contribution is 5.46. The van der Waals surface area contributed by atoms with Crippen LogP contribution in [0.2, 0.25) is 0 Å². The Morgan fingerprint density at radius 2 is 2.16 bits per heavy atom. The molecule has 104 valence electrons. The highest BCUT2D eigenvalue weighted by atomic mass is 16.5. The largest absolute Gasteiger partial charge is 0.394 e. The molecular formula is C14H19NO4. The number of benzene rings is 1. The van der Waals surface area contributed by atoms with Crippen LogP contribution in [-0.4, -0.2) is 36.6 Å². The Morgan fingerprint density at radius 1 is 1.37 bits per heavy atom. The van der Waals surface area contributed by atoms with E-state index < -0.39 is 0 Å². The van der Waals surface area contributed by atoms with E-state index in [0.717, 1.165) is 5.56 Å². The van der Waals surface area contributed by atoms with Crippen LogP contribution in [0, 0.1) is 0 Å². The molecule has 0 aliphatic carbocycles. The van der Waals surface area contributed by atoms with Crippen molar-refractivity contribution in [1.29, 1.82) is 0 Å². The topological polar surface area (TPSA) is 67.8 Å². The van der Waals surface area contributed by atoms with Gasteiger partial charge in [0.15, 0.2) is 0 Å². The molecule has 0 aromatic heterocycles. The Labute approximate surface area is 112 Å². The summed E-state index contributed by atoms with van der Waals surface area (Å²) < 4.78 is 11.3. The van der Waals surface area contributed by atoms with Gasteiger partial charge in [-0.05, 0) is 5.56 Å². The number of amides is 1. The molecule has 2 N–H and O–H groups in total. The smallest absolute Gasteiger partial charge is 0.209 e. The van der Waals surface area contributed by atoms with Crippen molar-refractivity contribution in [3.8, 4) is 0 Å². The van der Waals surface area contributed by atoms with Crippen LogP contribution in [0.15, 0.2) is 30.3 Å². The number of ether oxygens (including phenoxy) is 2. The standard InChI is InChI=1S/C14H19NO4/c16-8-13-6-12(7-14(19-13)15-10-17)18-9-11-4-2-1-3-5-11/h1-5,10,12-14,16H,6-9H2,(H,15,17)/t12?,13?,14-/m1/s1. The number of aliphatic hydroxyl groups is 1. The fraction of sp³-hybridized carbons (Fsp3) is 0.500. The van der Waals surface area contributed by atoms with Crippen LogP contribution < -0.4 is 5.32 Å². The maximum atomic E-state index is 10.5. The third kappa shape index (κ3) is 4.31. The molecule has 0 radical (unpaired) electrons. The first-order valence-electron chi connectivity index (χ1n) is 6.43. The van der Waals surface area contributed by atoms with E-state index in [1.807, 2.05) is 30.3 Å². The average molecular weight is 265 g/mol. The minimum atomic E-state index is -0.385. The summed E-state index contributed by atoms with van der Waals surface area (Å²) >= 11 is 0. The molecule has 1 saturated heterocycles. The van der Waals surface area contributed by atoms with Gasteiger partial charge < -0.3 is 19.9 Å². The summed E-state index contributed by atoms with van der Waals surface area (Å²) in [4.78, 5) is 10.5. The Kier molecular flexibility index (Phi) is 5.32. The highest BCUT2D eigenvalue weighted by Gasteiger charge is 2.29. The van der Waals surface area contributed by atoms with Gasteiger partial charge in [-0.15, -0.1) is 0 Å². The zero-order valence-electron chi connectivity index (χ0n) is 10.7. The normalized spacial score (nSPS) is 26.9. The quantitative estimate of drug-likeness (QED) is 0.747. The molecule has 19 heavy (non-hydrogen) atoms. The third-order valence-electron chi connectivity index (χ3n) is 3.15. The van der Waals surface area contributed by atoms with Crippen molar-refractivity contribution < 1.29 is 19.4 Å². The summed E-state index contributed by atoms with van der Waals surface area (Å²) in [5, 5.41) is 11.8. The predicted molar refractivity (Wildman–Crippen MR) is 69.2 cm³/mol. The molecule has 1 aromatic carbocycles. The Morgan fingerprint density at radius 3 is 2.84 bits per heavy atom. The molecule has 5 nitrogen and oxygen atoms in total. The van der Waals surface area contributed by atoms with Crippen molar-refractivity contribution in [2.24, 2.45) is 0 Å². The second kappa shape index (κ2) is 7.23. The number of carbonyl (C=O) groups excluding carboxylic acids is 1. The van der Waals surface area contributed by atoms with Crippen molar-refractivity contribution in [2.45, 2.75) is 37.9 Å². The maximum absolute atomic E-state index is 10.5. The molecule has 0 bridgehead atoms. The fourth-order valence-electron chi connectivity index (χ4n) is 2.20. The number of hydrogen-bond acceptors (Lipinski definition) is 4. The van der Waals surface area contributed by atoms with E-state index in [9.17, 15) is 9.90 Å². The van der Waals surface area contributed by atoms with Gasteiger partial charge >= 0.3 is 0 Å². The minimum Gasteiger partial charge on any atom is -0.394 e. The monoisotopic (exact) mass is 265 g/mol. The number of carbonyl (C=O) groups is 1. The molecule has 1 fully saturated rings. The van der Waals surface area contributed by atoms with Crippen LogP contribution in [0.5, 0.6) is 0 Å². The van der Waals surface area contributed by atoms with Gasteiger partial charge in [0.2, 0.25) is 6.41 Å². The lowest BCUT2D eigenvalue weighted by Gasteiger charge is -2.34. The first-order valence-corrected chi connectivity index (χ1v) is 6.43. The molecule has 1 aliphatic rings. The molecule has 1 aromatic rings. The van der Waals surface area contributed by atoms with Gasteiger partial charge in [-0.1, -0.05) is 30.3 Å². The van der Waals surface area contributed by atoms with Crippen LogP contribution in [0.3, 0.4) is 0 Å². The van der Waals surface area contributed by atoms with E-state index in [2.05, 4.69) is 5.32 Å². The summed E-state index contributed by atoms with van der Waals surface area (Å²) in [7, 11) is 0. The number of hydrogen-bond donors (Lipinski definition) is 2. The van der Waals surface area contributed by atoms with Crippen LogP contribution in [0.1, 0.15) is 18.4 Å². The summed E-state index contributed by atoms with van der Waals surface area (Å²) in [6, 6.07) is 9.91. The third-order valence-corrected chi connectivity index (χ3v) is 3.15. The van der Waals surface area contributed by atoms with Crippen LogP contribution >= 0.6 is 0 Å². The second-order valence-corrected chi connectivity index (χ2v) is 4.60. The van der Waals surface area contributed by atoms with Gasteiger partial charge in [0.05, 0.1) is 25.4 Å². The lowest BCUT2D eigenvalue weighted by molar-refractivity contribution is -0.146. The molecule has 2 rings (SSSR count). The fourth-order valence-corrected chi connectivity index (χ4v) is 2.20. The maximum Gasteiger partial charge on any atom is 0.209 e. The van der Waals surface area contributed by atoms with Crippen molar-refractivity contribution in [3.63, 3.8) is 0 Å². The molecule has 1 aliphatic heterocycles. The van der Waals surface area contributed by atoms with E-state index in [1.54, 1.807) is 0 Å². The number of aliphatic hydroxyl groups excluding tert-OH is 1. The number of nitrogens with one attached hydrogen (secondary N) is 1. The van der Waals surface area contributed by atoms with Crippen LogP contribution in [-0.2, 0) is 20.9 Å². The minimum absolute atomic E-state index is 0.0245. The summed E-state index contributed by atoms with van der Waals surface area (Å²) in [6.07, 6.45) is 1.15. The Balaban J connectivity index is 1.86. The molecule has 3 atom stereocenters. The number of rotatable bonds is 6. The van der Waals surface area contributed by atoms with Gasteiger partial charge in [0.25, 0.3) is 0 Å². The van der Waals surface area contributed by atoms with Gasteiger partial charge in [0, 0.05) is 12.8 Å². The van der Waals surface area contributed by atoms with E-state index >= 15 is 0 Å². The summed E-state index contributed by atoms with van der Waals surface area (Å²) in [5.74, 6) is 0. The lowest BCUT2D eigenvalue weighted by Crippen LogP contribution is -2.45. The highest BCUT2D eigenvalue weighted by Crippen LogP contribution is 2.21. The first kappa shape index (κ1) is 14.0. The Bertz CT molecular complexity index is 384. The van der Waals surface area contributed by atoms with Gasteiger partial charge in [-0.25, -0.2) is 0 Å². The molecule has 5 heteroatoms. The summed E-state index contributed by atoms with van der Waals surface area (Å²) in [6.45, 7) is 0.458. The predicted octanol–water partition coefficient (Wildman–Crippen LogP) is 0.815. The van der Waals surface area contributed by atoms with Crippen molar-refractivity contribution in [3.05, 3.63) is 35.9 Å². The Hall–Kier alpha value is -1.43. The zero-order chi connectivity index (χ0) is 13.5. The van der Waals surface area contributed by atoms with E-state index in [-0.39, 0.29) is 25.0 Å². The SMILES string of the molecule is O=CN[C@H]1CC(OCc2ccccc2)CC(CO)O1. The van der Waals surface area contributed by atoms with E-state index in [0.29, 0.717) is 25.9 Å². The van der Waals surface area contributed by atoms with E-state index in [4.69, 9.17) is 9.47 Å². The van der Waals surface area contributed by atoms with Gasteiger partial charge in [0.1, 0.15) is 6.23 Å². The van der Waals surface area contributed by atoms with Crippen LogP contribution in [0.25, 0.3) is 0 Å². The average Bonchev–Trinajstić information content (AvgIpc) is 2.46. The molecule has 1 amide bonds. The molecule has 2 unspecified atom stereocenters. The lowest BCUT2D eigenvalue weighted by atomic mass is 10.0. The van der Waals surface area contributed by atoms with Crippen molar-refractivity contribution in [1.82, 2.24) is 5.32 Å². The zero-order valence-corrected chi connectivity index (χ0v) is 10.7. The molecular weight excluding hydrogens is 246 g/mol. The van der Waals surface area contributed by atoms with Gasteiger partial charge in [-0.3, -0.25) is 4.79 Å². The van der Waals surface area contributed by atoms with Crippen molar-refractivity contribution >= 4 is 6.41 Å². The molecule has 1 heterocycles. The van der Waals surface area contributed by atoms with Gasteiger partial charge in [-0.2, -0.15) is 0 Å². The second-order valence-electron chi connectivity index (χ2n) is 4.60. The molecule has 0 saturated carbocycles. The first-order chi connectivity index (χ1) is 9.31. The van der Waals surface area contributed by atoms with Crippen LogP contribution in [0.4, 0.5) is 0 Å². The van der Waals surface area contributed by atoms with E-state index in [1.165, 1.54) is 0 Å². The summed E-state index contributed by atoms with van der Waals surface area (Å²) in [5.41, 5.74) is 1.11. The van der Waals surface area contributed by atoms with Crippen molar-refractivity contribution in [2.75, 3.05) is 6.61 Å².